The van der Waals surface area contributed by atoms with Gasteiger partial charge in [-0.25, -0.2) is 0 Å². The van der Waals surface area contributed by atoms with Crippen LogP contribution in [0.3, 0.4) is 0 Å². The molecule has 2 heterocycles. The zero-order chi connectivity index (χ0) is 12.1. The van der Waals surface area contributed by atoms with Gasteiger partial charge in [0.05, 0.1) is 0 Å². The molecule has 0 unspecified atom stereocenters. The molecule has 0 N–H and O–H groups in total. The molecular formula is C14H21NOS. The van der Waals surface area contributed by atoms with E-state index in [0.29, 0.717) is 18.4 Å². The van der Waals surface area contributed by atoms with Gasteiger partial charge in [-0.1, -0.05) is 6.92 Å². The number of amides is 1. The minimum atomic E-state index is 0.350. The van der Waals surface area contributed by atoms with Gasteiger partial charge in [-0.2, -0.15) is 11.3 Å². The molecule has 1 saturated heterocycles. The number of rotatable bonds is 4. The summed E-state index contributed by atoms with van der Waals surface area (Å²) in [6.45, 7) is 3.16. The first-order valence-corrected chi connectivity index (χ1v) is 7.56. The molecule has 1 aliphatic heterocycles. The summed E-state index contributed by atoms with van der Waals surface area (Å²) in [4.78, 5) is 14.3. The molecule has 0 spiro atoms. The smallest absolute Gasteiger partial charge is 0.223 e. The predicted molar refractivity (Wildman–Crippen MR) is 72.3 cm³/mol. The summed E-state index contributed by atoms with van der Waals surface area (Å²) in [5.41, 5.74) is 1.30. The van der Waals surface area contributed by atoms with E-state index < -0.39 is 0 Å². The summed E-state index contributed by atoms with van der Waals surface area (Å²) in [5.74, 6) is 0.350. The van der Waals surface area contributed by atoms with Crippen molar-refractivity contribution in [1.82, 2.24) is 4.90 Å². The molecule has 1 aliphatic rings. The number of nitrogens with zero attached hydrogens (tertiary/aromatic N) is 1. The number of hydrogen-bond donors (Lipinski definition) is 0. The summed E-state index contributed by atoms with van der Waals surface area (Å²) < 4.78 is 0. The van der Waals surface area contributed by atoms with Crippen LogP contribution in [0.4, 0.5) is 0 Å². The topological polar surface area (TPSA) is 20.3 Å². The first-order chi connectivity index (χ1) is 8.31. The third-order valence-electron chi connectivity index (χ3n) is 3.63. The average Bonchev–Trinajstić information content (AvgIpc) is 2.89. The summed E-state index contributed by atoms with van der Waals surface area (Å²) in [5, 5.41) is 4.22. The minimum absolute atomic E-state index is 0.350. The SMILES string of the molecule is CC[C@H]1CCCCN1C(=O)CCc1ccsc1. The van der Waals surface area contributed by atoms with Crippen LogP contribution in [0.15, 0.2) is 16.8 Å². The Labute approximate surface area is 108 Å². The predicted octanol–water partition coefficient (Wildman–Crippen LogP) is 3.47. The summed E-state index contributed by atoms with van der Waals surface area (Å²) in [6.07, 6.45) is 6.33. The number of hydrogen-bond acceptors (Lipinski definition) is 2. The summed E-state index contributed by atoms with van der Waals surface area (Å²) >= 11 is 1.71. The number of aryl methyl sites for hydroxylation is 1. The highest BCUT2D eigenvalue weighted by Gasteiger charge is 2.24. The molecule has 0 aliphatic carbocycles. The fourth-order valence-electron chi connectivity index (χ4n) is 2.58. The molecule has 1 aromatic rings. The molecule has 17 heavy (non-hydrogen) atoms. The van der Waals surface area contributed by atoms with Gasteiger partial charge >= 0.3 is 0 Å². The van der Waals surface area contributed by atoms with Crippen LogP contribution in [0.5, 0.6) is 0 Å². The van der Waals surface area contributed by atoms with E-state index in [9.17, 15) is 4.79 Å². The van der Waals surface area contributed by atoms with Crippen molar-refractivity contribution in [3.05, 3.63) is 22.4 Å². The maximum Gasteiger partial charge on any atom is 0.223 e. The monoisotopic (exact) mass is 251 g/mol. The molecule has 1 amide bonds. The summed E-state index contributed by atoms with van der Waals surface area (Å²) in [6, 6.07) is 2.62. The van der Waals surface area contributed by atoms with Crippen LogP contribution in [0.1, 0.15) is 44.6 Å². The van der Waals surface area contributed by atoms with Gasteiger partial charge in [0.15, 0.2) is 0 Å². The third-order valence-corrected chi connectivity index (χ3v) is 4.36. The Hall–Kier alpha value is -0.830. The molecule has 3 heteroatoms. The molecule has 0 bridgehead atoms. The number of carbonyl (C=O) groups excluding carboxylic acids is 1. The van der Waals surface area contributed by atoms with E-state index in [4.69, 9.17) is 0 Å². The number of piperidine rings is 1. The van der Waals surface area contributed by atoms with E-state index in [1.165, 1.54) is 24.8 Å². The Morgan fingerprint density at radius 1 is 1.53 bits per heavy atom. The van der Waals surface area contributed by atoms with Crippen molar-refractivity contribution in [2.45, 2.75) is 51.5 Å². The highest BCUT2D eigenvalue weighted by molar-refractivity contribution is 7.07. The zero-order valence-corrected chi connectivity index (χ0v) is 11.3. The van der Waals surface area contributed by atoms with E-state index in [1.54, 1.807) is 11.3 Å². The lowest BCUT2D eigenvalue weighted by Crippen LogP contribution is -2.43. The first kappa shape index (κ1) is 12.6. The van der Waals surface area contributed by atoms with Crippen molar-refractivity contribution in [2.75, 3.05) is 6.54 Å². The number of thiophene rings is 1. The lowest BCUT2D eigenvalue weighted by atomic mass is 9.99. The van der Waals surface area contributed by atoms with E-state index >= 15 is 0 Å². The number of likely N-dealkylation sites (tertiary alicyclic amines) is 1. The highest BCUT2D eigenvalue weighted by atomic mass is 32.1. The van der Waals surface area contributed by atoms with E-state index in [-0.39, 0.29) is 0 Å². The van der Waals surface area contributed by atoms with Crippen LogP contribution in [0.2, 0.25) is 0 Å². The van der Waals surface area contributed by atoms with Crippen molar-refractivity contribution in [3.63, 3.8) is 0 Å². The second-order valence-electron chi connectivity index (χ2n) is 4.78. The van der Waals surface area contributed by atoms with Gasteiger partial charge < -0.3 is 4.90 Å². The Morgan fingerprint density at radius 2 is 2.41 bits per heavy atom. The molecule has 2 nitrogen and oxygen atoms in total. The van der Waals surface area contributed by atoms with Crippen LogP contribution in [0.25, 0.3) is 0 Å². The van der Waals surface area contributed by atoms with Crippen molar-refractivity contribution < 1.29 is 4.79 Å². The largest absolute Gasteiger partial charge is 0.340 e. The van der Waals surface area contributed by atoms with Crippen molar-refractivity contribution in [1.29, 1.82) is 0 Å². The third kappa shape index (κ3) is 3.32. The Morgan fingerprint density at radius 3 is 3.12 bits per heavy atom. The molecule has 94 valence electrons. The van der Waals surface area contributed by atoms with Gasteiger partial charge in [0.1, 0.15) is 0 Å². The molecule has 2 rings (SSSR count). The molecular weight excluding hydrogens is 230 g/mol. The average molecular weight is 251 g/mol. The molecule has 1 fully saturated rings. The fraction of sp³-hybridized carbons (Fsp3) is 0.643. The van der Waals surface area contributed by atoms with E-state index in [1.807, 2.05) is 0 Å². The normalized spacial score (nSPS) is 20.5. The Kier molecular flexibility index (Phi) is 4.60. The molecule has 1 aromatic heterocycles. The van der Waals surface area contributed by atoms with Gasteiger partial charge in [-0.05, 0) is 54.5 Å². The lowest BCUT2D eigenvalue weighted by Gasteiger charge is -2.35. The molecule has 0 aromatic carbocycles. The zero-order valence-electron chi connectivity index (χ0n) is 10.5. The standard InChI is InChI=1S/C14H21NOS/c1-2-13-5-3-4-9-15(13)14(16)7-6-12-8-10-17-11-12/h8,10-11,13H,2-7,9H2,1H3/t13-/m0/s1. The second-order valence-corrected chi connectivity index (χ2v) is 5.56. The van der Waals surface area contributed by atoms with Crippen LogP contribution in [0, 0.1) is 0 Å². The highest BCUT2D eigenvalue weighted by Crippen LogP contribution is 2.21. The van der Waals surface area contributed by atoms with Gasteiger partial charge in [0.25, 0.3) is 0 Å². The van der Waals surface area contributed by atoms with Crippen molar-refractivity contribution in [2.24, 2.45) is 0 Å². The van der Waals surface area contributed by atoms with Crippen LogP contribution in [-0.4, -0.2) is 23.4 Å². The number of carbonyl (C=O) groups is 1. The van der Waals surface area contributed by atoms with Crippen molar-refractivity contribution in [3.8, 4) is 0 Å². The van der Waals surface area contributed by atoms with Crippen molar-refractivity contribution >= 4 is 17.2 Å². The van der Waals surface area contributed by atoms with Gasteiger partial charge in [0.2, 0.25) is 5.91 Å². The molecule has 0 saturated carbocycles. The van der Waals surface area contributed by atoms with Crippen LogP contribution < -0.4 is 0 Å². The lowest BCUT2D eigenvalue weighted by molar-refractivity contribution is -0.134. The van der Waals surface area contributed by atoms with Crippen LogP contribution in [-0.2, 0) is 11.2 Å². The quantitative estimate of drug-likeness (QED) is 0.802. The Bertz CT molecular complexity index is 347. The van der Waals surface area contributed by atoms with E-state index in [2.05, 4.69) is 28.7 Å². The minimum Gasteiger partial charge on any atom is -0.340 e. The molecule has 1 atom stereocenters. The van der Waals surface area contributed by atoms with Gasteiger partial charge in [0, 0.05) is 19.0 Å². The fourth-order valence-corrected chi connectivity index (χ4v) is 3.29. The van der Waals surface area contributed by atoms with Gasteiger partial charge in [-0.3, -0.25) is 4.79 Å². The summed E-state index contributed by atoms with van der Waals surface area (Å²) in [7, 11) is 0. The molecule has 0 radical (unpaired) electrons. The first-order valence-electron chi connectivity index (χ1n) is 6.61. The Balaban J connectivity index is 1.85. The van der Waals surface area contributed by atoms with Crippen LogP contribution >= 0.6 is 11.3 Å². The maximum atomic E-state index is 12.2. The van der Waals surface area contributed by atoms with E-state index in [0.717, 1.165) is 19.4 Å². The van der Waals surface area contributed by atoms with Gasteiger partial charge in [-0.15, -0.1) is 0 Å². The second kappa shape index (κ2) is 6.20. The maximum absolute atomic E-state index is 12.2.